The average Bonchev–Trinajstić information content (AvgIpc) is 2.77. The van der Waals surface area contributed by atoms with E-state index in [9.17, 15) is 23.4 Å². The maximum Gasteiger partial charge on any atom is 0.416 e. The highest BCUT2D eigenvalue weighted by Gasteiger charge is 2.45. The van der Waals surface area contributed by atoms with Gasteiger partial charge in [0, 0.05) is 39.5 Å². The third-order valence-corrected chi connectivity index (χ3v) is 8.83. The second-order valence-electron chi connectivity index (χ2n) is 9.74. The Morgan fingerprint density at radius 1 is 1.12 bits per heavy atom. The van der Waals surface area contributed by atoms with Crippen LogP contribution in [0.1, 0.15) is 90.3 Å². The van der Waals surface area contributed by atoms with Crippen molar-refractivity contribution in [3.8, 4) is 0 Å². The van der Waals surface area contributed by atoms with Gasteiger partial charge in [-0.2, -0.15) is 13.2 Å². The van der Waals surface area contributed by atoms with E-state index in [-0.39, 0.29) is 11.3 Å². The molecule has 1 aromatic heterocycles. The second kappa shape index (κ2) is 8.77. The topological polar surface area (TPSA) is 62.6 Å². The van der Waals surface area contributed by atoms with E-state index in [1.165, 1.54) is 18.6 Å². The molecule has 0 radical (unpaired) electrons. The van der Waals surface area contributed by atoms with Crippen LogP contribution in [-0.2, 0) is 17.3 Å². The van der Waals surface area contributed by atoms with Crippen molar-refractivity contribution in [2.24, 2.45) is 5.41 Å². The van der Waals surface area contributed by atoms with E-state index in [1.807, 2.05) is 0 Å². The summed E-state index contributed by atoms with van der Waals surface area (Å²) in [6.45, 7) is 1.23. The van der Waals surface area contributed by atoms with E-state index < -0.39 is 23.9 Å². The number of rotatable bonds is 3. The lowest BCUT2D eigenvalue weighted by molar-refractivity contribution is -0.137. The standard InChI is InChI=1S/C25H27F3INO3/c26-25(27,28)16-4-2-15(3-5-16)23(32)20-21(29)19-17(12-24(8-1-9-24)13-18(19)31)30-22(20)14-6-10-33-11-7-14/h2-5,14,18,23,31-32H,1,6-13H2/t18-,23+/m0/s1. The zero-order valence-corrected chi connectivity index (χ0v) is 20.3. The van der Waals surface area contributed by atoms with Gasteiger partial charge in [0.15, 0.2) is 0 Å². The number of pyridine rings is 1. The molecule has 2 fully saturated rings. The van der Waals surface area contributed by atoms with Crippen LogP contribution in [0, 0.1) is 8.99 Å². The van der Waals surface area contributed by atoms with Crippen LogP contribution in [0.15, 0.2) is 24.3 Å². The van der Waals surface area contributed by atoms with E-state index >= 15 is 0 Å². The number of alkyl halides is 3. The van der Waals surface area contributed by atoms with E-state index in [0.717, 1.165) is 64.8 Å². The van der Waals surface area contributed by atoms with Crippen molar-refractivity contribution >= 4 is 22.6 Å². The SMILES string of the molecule is O[C@H](c1ccc(C(F)(F)F)cc1)c1c(C2CCOCC2)nc2c(c1I)[C@@H](O)CC1(CCC1)C2. The van der Waals surface area contributed by atoms with Crippen molar-refractivity contribution in [1.29, 1.82) is 0 Å². The fourth-order valence-electron chi connectivity index (χ4n) is 5.68. The molecule has 5 rings (SSSR count). The summed E-state index contributed by atoms with van der Waals surface area (Å²) in [5, 5.41) is 22.5. The van der Waals surface area contributed by atoms with Crippen LogP contribution in [0.3, 0.4) is 0 Å². The maximum absolute atomic E-state index is 13.0. The molecule has 3 aliphatic rings. The summed E-state index contributed by atoms with van der Waals surface area (Å²) in [5.41, 5.74) is 2.89. The molecule has 0 bridgehead atoms. The number of aliphatic hydroxyl groups is 2. The summed E-state index contributed by atoms with van der Waals surface area (Å²) < 4.78 is 45.4. The highest BCUT2D eigenvalue weighted by molar-refractivity contribution is 14.1. The number of ether oxygens (including phenoxy) is 1. The third-order valence-electron chi connectivity index (χ3n) is 7.67. The molecule has 4 nitrogen and oxygen atoms in total. The van der Waals surface area contributed by atoms with Gasteiger partial charge in [0.05, 0.1) is 17.4 Å². The number of halogens is 4. The Morgan fingerprint density at radius 3 is 2.36 bits per heavy atom. The summed E-state index contributed by atoms with van der Waals surface area (Å²) in [7, 11) is 0. The van der Waals surface area contributed by atoms with Gasteiger partial charge >= 0.3 is 6.18 Å². The van der Waals surface area contributed by atoms with Crippen LogP contribution in [0.2, 0.25) is 0 Å². The fraction of sp³-hybridized carbons (Fsp3) is 0.560. The molecule has 1 saturated carbocycles. The molecule has 2 atom stereocenters. The van der Waals surface area contributed by atoms with Crippen LogP contribution in [0.25, 0.3) is 0 Å². The largest absolute Gasteiger partial charge is 0.416 e. The minimum Gasteiger partial charge on any atom is -0.388 e. The Hall–Kier alpha value is -1.23. The zero-order valence-electron chi connectivity index (χ0n) is 18.2. The van der Waals surface area contributed by atoms with Gasteiger partial charge in [0.2, 0.25) is 0 Å². The lowest BCUT2D eigenvalue weighted by atomic mass is 9.59. The Bertz CT molecular complexity index is 1030. The summed E-state index contributed by atoms with van der Waals surface area (Å²) in [4.78, 5) is 5.07. The number of aromatic nitrogens is 1. The minimum absolute atomic E-state index is 0.105. The Kier molecular flexibility index (Phi) is 6.25. The predicted molar refractivity (Wildman–Crippen MR) is 125 cm³/mol. The van der Waals surface area contributed by atoms with Crippen LogP contribution < -0.4 is 0 Å². The average molecular weight is 573 g/mol. The lowest BCUT2D eigenvalue weighted by Gasteiger charge is -2.47. The molecule has 33 heavy (non-hydrogen) atoms. The van der Waals surface area contributed by atoms with Crippen molar-refractivity contribution in [3.63, 3.8) is 0 Å². The van der Waals surface area contributed by atoms with E-state index in [2.05, 4.69) is 22.6 Å². The fourth-order valence-corrected chi connectivity index (χ4v) is 6.93. The smallest absolute Gasteiger partial charge is 0.388 e. The van der Waals surface area contributed by atoms with Gasteiger partial charge in [-0.25, -0.2) is 0 Å². The van der Waals surface area contributed by atoms with Gasteiger partial charge in [-0.1, -0.05) is 18.6 Å². The molecular weight excluding hydrogens is 546 g/mol. The molecule has 0 amide bonds. The van der Waals surface area contributed by atoms with Crippen molar-refractivity contribution < 1.29 is 28.1 Å². The molecule has 2 N–H and O–H groups in total. The van der Waals surface area contributed by atoms with Gasteiger partial charge in [0.1, 0.15) is 6.10 Å². The third kappa shape index (κ3) is 4.32. The van der Waals surface area contributed by atoms with Gasteiger partial charge in [-0.3, -0.25) is 4.98 Å². The lowest BCUT2D eigenvalue weighted by Crippen LogP contribution is -2.38. The Balaban J connectivity index is 1.60. The van der Waals surface area contributed by atoms with Crippen LogP contribution >= 0.6 is 22.6 Å². The molecular formula is C25H27F3INO3. The molecule has 0 unspecified atom stereocenters. The normalized spacial score (nSPS) is 23.8. The molecule has 1 aromatic carbocycles. The van der Waals surface area contributed by atoms with E-state index in [1.54, 1.807) is 0 Å². The summed E-state index contributed by atoms with van der Waals surface area (Å²) in [6.07, 6.45) is 0.278. The minimum atomic E-state index is -4.43. The van der Waals surface area contributed by atoms with Crippen LogP contribution in [-0.4, -0.2) is 28.4 Å². The van der Waals surface area contributed by atoms with Gasteiger partial charge in [-0.05, 0) is 84.2 Å². The number of aliphatic hydroxyl groups excluding tert-OH is 2. The molecule has 2 heterocycles. The molecule has 1 spiro atoms. The molecule has 8 heteroatoms. The van der Waals surface area contributed by atoms with Crippen LogP contribution in [0.4, 0.5) is 13.2 Å². The zero-order chi connectivity index (χ0) is 23.4. The maximum atomic E-state index is 13.0. The Labute approximate surface area is 204 Å². The van der Waals surface area contributed by atoms with Crippen molar-refractivity contribution in [1.82, 2.24) is 4.98 Å². The first-order chi connectivity index (χ1) is 15.7. The number of hydrogen-bond donors (Lipinski definition) is 2. The summed E-state index contributed by atoms with van der Waals surface area (Å²) >= 11 is 2.19. The first-order valence-corrected chi connectivity index (χ1v) is 12.6. The van der Waals surface area contributed by atoms with Crippen molar-refractivity contribution in [2.45, 2.75) is 69.2 Å². The first-order valence-electron chi connectivity index (χ1n) is 11.5. The van der Waals surface area contributed by atoms with Crippen molar-refractivity contribution in [3.05, 3.63) is 61.5 Å². The predicted octanol–water partition coefficient (Wildman–Crippen LogP) is 5.83. The molecule has 2 aliphatic carbocycles. The number of nitrogens with zero attached hydrogens (tertiary/aromatic N) is 1. The number of fused-ring (bicyclic) bond motifs is 1. The molecule has 1 saturated heterocycles. The highest BCUT2D eigenvalue weighted by Crippen LogP contribution is 2.54. The highest BCUT2D eigenvalue weighted by atomic mass is 127. The van der Waals surface area contributed by atoms with Gasteiger partial charge in [-0.15, -0.1) is 0 Å². The number of benzene rings is 1. The van der Waals surface area contributed by atoms with Crippen LogP contribution in [0.5, 0.6) is 0 Å². The van der Waals surface area contributed by atoms with E-state index in [4.69, 9.17) is 9.72 Å². The van der Waals surface area contributed by atoms with Crippen molar-refractivity contribution in [2.75, 3.05) is 13.2 Å². The molecule has 2 aromatic rings. The Morgan fingerprint density at radius 2 is 1.79 bits per heavy atom. The van der Waals surface area contributed by atoms with Gasteiger partial charge in [0.25, 0.3) is 0 Å². The van der Waals surface area contributed by atoms with Gasteiger partial charge < -0.3 is 14.9 Å². The summed E-state index contributed by atoms with van der Waals surface area (Å²) in [6, 6.07) is 4.66. The quantitative estimate of drug-likeness (QED) is 0.454. The number of hydrogen-bond acceptors (Lipinski definition) is 4. The monoisotopic (exact) mass is 573 g/mol. The van der Waals surface area contributed by atoms with E-state index in [0.29, 0.717) is 30.8 Å². The molecule has 178 valence electrons. The second-order valence-corrected chi connectivity index (χ2v) is 10.8. The summed E-state index contributed by atoms with van der Waals surface area (Å²) in [5.74, 6) is 0.105. The first kappa shape index (κ1) is 23.5. The molecule has 1 aliphatic heterocycles.